The first-order chi connectivity index (χ1) is 16.1. The molecule has 2 amide bonds. The van der Waals surface area contributed by atoms with Gasteiger partial charge in [-0.1, -0.05) is 23.7 Å². The Bertz CT molecular complexity index is 1090. The monoisotopic (exact) mass is 497 g/mol. The fourth-order valence-electron chi connectivity index (χ4n) is 3.94. The van der Waals surface area contributed by atoms with Crippen LogP contribution in [-0.4, -0.2) is 77.2 Å². The van der Waals surface area contributed by atoms with Crippen LogP contribution in [0.1, 0.15) is 28.8 Å². The lowest BCUT2D eigenvalue weighted by molar-refractivity contribution is -0.158. The Morgan fingerprint density at radius 3 is 2.76 bits per heavy atom. The van der Waals surface area contributed by atoms with Crippen molar-refractivity contribution in [2.45, 2.75) is 31.6 Å². The highest BCUT2D eigenvalue weighted by atomic mass is 35.5. The van der Waals surface area contributed by atoms with E-state index >= 15 is 0 Å². The molecule has 1 aromatic heterocycles. The molecule has 182 valence electrons. The molecule has 3 heterocycles. The van der Waals surface area contributed by atoms with E-state index in [0.29, 0.717) is 51.5 Å². The maximum atomic E-state index is 12.9. The lowest BCUT2D eigenvalue weighted by atomic mass is 10.0. The fraction of sp³-hybridized carbons (Fsp3) is 0.455. The van der Waals surface area contributed by atoms with Gasteiger partial charge in [-0.25, -0.2) is 9.97 Å². The number of hydrogen-bond acceptors (Lipinski definition) is 6. The van der Waals surface area contributed by atoms with Gasteiger partial charge in [0.05, 0.1) is 16.9 Å². The van der Waals surface area contributed by atoms with Crippen LogP contribution in [0.4, 0.5) is 19.1 Å². The number of anilines is 1. The number of ether oxygens (including phenoxy) is 1. The van der Waals surface area contributed by atoms with E-state index in [1.54, 1.807) is 18.2 Å². The van der Waals surface area contributed by atoms with Crippen LogP contribution in [0, 0.1) is 0 Å². The van der Waals surface area contributed by atoms with E-state index in [9.17, 15) is 22.8 Å². The van der Waals surface area contributed by atoms with E-state index in [2.05, 4.69) is 15.3 Å². The van der Waals surface area contributed by atoms with Crippen LogP contribution in [-0.2, 0) is 16.1 Å². The van der Waals surface area contributed by atoms with Gasteiger partial charge >= 0.3 is 6.18 Å². The van der Waals surface area contributed by atoms with Crippen LogP contribution in [0.2, 0.25) is 5.02 Å². The molecule has 8 nitrogen and oxygen atoms in total. The van der Waals surface area contributed by atoms with Crippen LogP contribution in [0.5, 0.6) is 0 Å². The van der Waals surface area contributed by atoms with Crippen molar-refractivity contribution in [3.8, 4) is 11.3 Å². The first-order valence-electron chi connectivity index (χ1n) is 10.7. The predicted molar refractivity (Wildman–Crippen MR) is 118 cm³/mol. The van der Waals surface area contributed by atoms with Crippen molar-refractivity contribution in [1.82, 2.24) is 19.8 Å². The van der Waals surface area contributed by atoms with E-state index in [1.165, 1.54) is 11.1 Å². The Labute approximate surface area is 199 Å². The molecule has 1 saturated heterocycles. The topological polar surface area (TPSA) is 87.7 Å². The Balaban J connectivity index is 1.49. The number of hydrogen-bond donors (Lipinski definition) is 1. The molecule has 1 aromatic carbocycles. The zero-order chi connectivity index (χ0) is 24.5. The summed E-state index contributed by atoms with van der Waals surface area (Å²) in [6.07, 6.45) is -1.35. The van der Waals surface area contributed by atoms with Crippen molar-refractivity contribution >= 4 is 29.4 Å². The smallest absolute Gasteiger partial charge is 0.381 e. The van der Waals surface area contributed by atoms with Crippen molar-refractivity contribution in [3.63, 3.8) is 0 Å². The quantitative estimate of drug-likeness (QED) is 0.658. The van der Waals surface area contributed by atoms with Crippen molar-refractivity contribution in [2.75, 3.05) is 38.7 Å². The number of nitrogens with zero attached hydrogens (tertiary/aromatic N) is 4. The zero-order valence-corrected chi connectivity index (χ0v) is 19.1. The molecule has 0 spiro atoms. The standard InChI is InChI=1S/C22H23ClF3N5O3/c1-30(12-22(24,25)26)18(32)11-31-10-14-3-2-13(8-16(14)20(31)33)19-17(23)9-27-21(29-19)28-15-4-6-34-7-5-15/h2-3,8-9,15H,4-7,10-12H2,1H3,(H,27,28,29). The van der Waals surface area contributed by atoms with Gasteiger partial charge in [-0.15, -0.1) is 0 Å². The third-order valence-electron chi connectivity index (χ3n) is 5.73. The summed E-state index contributed by atoms with van der Waals surface area (Å²) < 4.78 is 43.0. The number of benzene rings is 1. The summed E-state index contributed by atoms with van der Waals surface area (Å²) in [4.78, 5) is 35.6. The maximum absolute atomic E-state index is 12.9. The van der Waals surface area contributed by atoms with Gasteiger partial charge in [-0.3, -0.25) is 9.59 Å². The van der Waals surface area contributed by atoms with E-state index in [0.717, 1.165) is 19.9 Å². The van der Waals surface area contributed by atoms with Crippen molar-refractivity contribution in [3.05, 3.63) is 40.5 Å². The molecular formula is C22H23ClF3N5O3. The van der Waals surface area contributed by atoms with Gasteiger partial charge in [0, 0.05) is 44.0 Å². The van der Waals surface area contributed by atoms with Crippen LogP contribution in [0.25, 0.3) is 11.3 Å². The molecular weight excluding hydrogens is 475 g/mol. The minimum absolute atomic E-state index is 0.133. The fourth-order valence-corrected chi connectivity index (χ4v) is 4.14. The number of fused-ring (bicyclic) bond motifs is 1. The van der Waals surface area contributed by atoms with Gasteiger partial charge in [-0.2, -0.15) is 13.2 Å². The van der Waals surface area contributed by atoms with Gasteiger partial charge in [0.1, 0.15) is 13.1 Å². The average molecular weight is 498 g/mol. The van der Waals surface area contributed by atoms with Crippen LogP contribution in [0.15, 0.2) is 24.4 Å². The van der Waals surface area contributed by atoms with E-state index in [4.69, 9.17) is 16.3 Å². The molecule has 0 bridgehead atoms. The number of aromatic nitrogens is 2. The highest BCUT2D eigenvalue weighted by molar-refractivity contribution is 6.33. The van der Waals surface area contributed by atoms with Gasteiger partial charge < -0.3 is 19.9 Å². The highest BCUT2D eigenvalue weighted by Crippen LogP contribution is 2.31. The van der Waals surface area contributed by atoms with Crippen LogP contribution >= 0.6 is 11.6 Å². The summed E-state index contributed by atoms with van der Waals surface area (Å²) in [6, 6.07) is 5.32. The molecule has 1 fully saturated rings. The van der Waals surface area contributed by atoms with E-state index in [1.807, 2.05) is 0 Å². The second kappa shape index (κ2) is 9.75. The van der Waals surface area contributed by atoms with E-state index < -0.39 is 31.1 Å². The molecule has 34 heavy (non-hydrogen) atoms. The van der Waals surface area contributed by atoms with Crippen molar-refractivity contribution in [1.29, 1.82) is 0 Å². The molecule has 2 aliphatic rings. The van der Waals surface area contributed by atoms with Crippen molar-refractivity contribution in [2.24, 2.45) is 0 Å². The number of halogens is 4. The van der Waals surface area contributed by atoms with Crippen LogP contribution in [0.3, 0.4) is 0 Å². The summed E-state index contributed by atoms with van der Waals surface area (Å²) in [6.45, 7) is -0.357. The Hall–Kier alpha value is -2.92. The normalized spacial score (nSPS) is 16.5. The van der Waals surface area contributed by atoms with Gasteiger partial charge in [0.15, 0.2) is 0 Å². The minimum atomic E-state index is -4.51. The molecule has 1 N–H and O–H groups in total. The average Bonchev–Trinajstić information content (AvgIpc) is 3.09. The number of alkyl halides is 3. The summed E-state index contributed by atoms with van der Waals surface area (Å²) in [5.74, 6) is -0.809. The number of nitrogens with one attached hydrogen (secondary N) is 1. The lowest BCUT2D eigenvalue weighted by Gasteiger charge is -2.23. The molecule has 2 aliphatic heterocycles. The third-order valence-corrected chi connectivity index (χ3v) is 6.01. The number of likely N-dealkylation sites (N-methyl/N-ethyl adjacent to an activating group) is 1. The highest BCUT2D eigenvalue weighted by Gasteiger charge is 2.34. The summed E-state index contributed by atoms with van der Waals surface area (Å²) >= 11 is 6.34. The largest absolute Gasteiger partial charge is 0.406 e. The Kier molecular flexibility index (Phi) is 6.94. The Morgan fingerprint density at radius 2 is 2.06 bits per heavy atom. The third kappa shape index (κ3) is 5.58. The first kappa shape index (κ1) is 24.2. The minimum Gasteiger partial charge on any atom is -0.381 e. The second-order valence-electron chi connectivity index (χ2n) is 8.32. The number of carbonyl (C=O) groups is 2. The number of rotatable bonds is 6. The first-order valence-corrected chi connectivity index (χ1v) is 11.1. The second-order valence-corrected chi connectivity index (χ2v) is 8.73. The molecule has 0 atom stereocenters. The molecule has 2 aromatic rings. The number of carbonyl (C=O) groups excluding carboxylic acids is 2. The summed E-state index contributed by atoms with van der Waals surface area (Å²) in [5, 5.41) is 3.59. The maximum Gasteiger partial charge on any atom is 0.406 e. The lowest BCUT2D eigenvalue weighted by Crippen LogP contribution is -2.42. The predicted octanol–water partition coefficient (Wildman–Crippen LogP) is 3.36. The van der Waals surface area contributed by atoms with Gasteiger partial charge in [-0.05, 0) is 24.5 Å². The van der Waals surface area contributed by atoms with Crippen LogP contribution < -0.4 is 5.32 Å². The zero-order valence-electron chi connectivity index (χ0n) is 18.4. The molecule has 4 rings (SSSR count). The van der Waals surface area contributed by atoms with Gasteiger partial charge in [0.25, 0.3) is 5.91 Å². The summed E-state index contributed by atoms with van der Waals surface area (Å²) in [5.41, 5.74) is 2.07. The van der Waals surface area contributed by atoms with Crippen molar-refractivity contribution < 1.29 is 27.5 Å². The molecule has 0 saturated carbocycles. The van der Waals surface area contributed by atoms with E-state index in [-0.39, 0.29) is 12.6 Å². The molecule has 12 heteroatoms. The molecule has 0 aliphatic carbocycles. The summed E-state index contributed by atoms with van der Waals surface area (Å²) in [7, 11) is 1.06. The molecule has 0 unspecified atom stereocenters. The van der Waals surface area contributed by atoms with Gasteiger partial charge in [0.2, 0.25) is 11.9 Å². The molecule has 0 radical (unpaired) electrons. The SMILES string of the molecule is CN(CC(F)(F)F)C(=O)CN1Cc2ccc(-c3nc(NC4CCOCC4)ncc3Cl)cc2C1=O. The Morgan fingerprint density at radius 1 is 1.32 bits per heavy atom. The number of amides is 2.